The van der Waals surface area contributed by atoms with Gasteiger partial charge in [-0.25, -0.2) is 8.78 Å². The highest BCUT2D eigenvalue weighted by molar-refractivity contribution is 14.0. The van der Waals surface area contributed by atoms with Crippen LogP contribution < -0.4 is 5.32 Å². The van der Waals surface area contributed by atoms with Crippen LogP contribution in [-0.2, 0) is 0 Å². The third-order valence-electron chi connectivity index (χ3n) is 5.77. The zero-order valence-corrected chi connectivity index (χ0v) is 18.1. The SMILES string of the molecule is CN=C(NCC(c1c(F)cccc1F)N(C)C)N1CCC2(CCC2)C1.I. The van der Waals surface area contributed by atoms with Gasteiger partial charge < -0.3 is 15.1 Å². The Labute approximate surface area is 172 Å². The number of likely N-dealkylation sites (N-methyl/N-ethyl adjacent to an activating group) is 1. The summed E-state index contributed by atoms with van der Waals surface area (Å²) in [6.45, 7) is 2.44. The Kier molecular flexibility index (Phi) is 7.24. The van der Waals surface area contributed by atoms with Gasteiger partial charge >= 0.3 is 0 Å². The molecule has 26 heavy (non-hydrogen) atoms. The minimum Gasteiger partial charge on any atom is -0.354 e. The van der Waals surface area contributed by atoms with E-state index in [2.05, 4.69) is 15.2 Å². The minimum absolute atomic E-state index is 0. The zero-order chi connectivity index (χ0) is 18.0. The van der Waals surface area contributed by atoms with E-state index in [1.807, 2.05) is 19.0 Å². The number of likely N-dealkylation sites (tertiary alicyclic amines) is 1. The molecule has 3 rings (SSSR count). The smallest absolute Gasteiger partial charge is 0.193 e. The van der Waals surface area contributed by atoms with Gasteiger partial charge in [0, 0.05) is 32.2 Å². The lowest BCUT2D eigenvalue weighted by atomic mass is 9.68. The molecule has 146 valence electrons. The minimum atomic E-state index is -0.509. The van der Waals surface area contributed by atoms with Gasteiger partial charge in [-0.3, -0.25) is 4.99 Å². The van der Waals surface area contributed by atoms with Crippen molar-refractivity contribution in [2.45, 2.75) is 31.7 Å². The van der Waals surface area contributed by atoms with E-state index in [1.54, 1.807) is 7.05 Å². The van der Waals surface area contributed by atoms with E-state index in [0.717, 1.165) is 19.0 Å². The van der Waals surface area contributed by atoms with Gasteiger partial charge in [-0.15, -0.1) is 24.0 Å². The van der Waals surface area contributed by atoms with Crippen molar-refractivity contribution in [2.24, 2.45) is 10.4 Å². The molecule has 1 spiro atoms. The lowest BCUT2D eigenvalue weighted by Gasteiger charge is -2.38. The van der Waals surface area contributed by atoms with Crippen LogP contribution in [0, 0.1) is 17.0 Å². The highest BCUT2D eigenvalue weighted by Crippen LogP contribution is 2.47. The molecule has 2 fully saturated rings. The normalized spacial score (nSPS) is 20.1. The van der Waals surface area contributed by atoms with E-state index < -0.39 is 17.7 Å². The average molecular weight is 478 g/mol. The maximum Gasteiger partial charge on any atom is 0.193 e. The molecule has 1 unspecified atom stereocenters. The first-order valence-corrected chi connectivity index (χ1v) is 9.02. The monoisotopic (exact) mass is 478 g/mol. The summed E-state index contributed by atoms with van der Waals surface area (Å²) in [5.74, 6) is -0.192. The number of rotatable bonds is 4. The standard InChI is InChI=1S/C19H28F2N4.HI/c1-22-18(25-11-10-19(13-25)8-5-9-19)23-12-16(24(2)3)17-14(20)6-4-7-15(17)21;/h4,6-7,16H,5,8-13H2,1-3H3,(H,22,23);1H. The summed E-state index contributed by atoms with van der Waals surface area (Å²) in [6.07, 6.45) is 5.16. The third kappa shape index (κ3) is 4.30. The van der Waals surface area contributed by atoms with Crippen LogP contribution in [0.2, 0.25) is 0 Å². The van der Waals surface area contributed by atoms with Gasteiger partial charge in [0.05, 0.1) is 6.04 Å². The largest absolute Gasteiger partial charge is 0.354 e. The first-order chi connectivity index (χ1) is 12.0. The highest BCUT2D eigenvalue weighted by Gasteiger charge is 2.43. The van der Waals surface area contributed by atoms with E-state index in [0.29, 0.717) is 12.0 Å². The predicted octanol–water partition coefficient (Wildman–Crippen LogP) is 3.64. The second kappa shape index (κ2) is 8.82. The maximum absolute atomic E-state index is 14.2. The highest BCUT2D eigenvalue weighted by atomic mass is 127. The van der Waals surface area contributed by atoms with Crippen molar-refractivity contribution in [3.05, 3.63) is 35.4 Å². The van der Waals surface area contributed by atoms with Crippen molar-refractivity contribution in [1.29, 1.82) is 0 Å². The van der Waals surface area contributed by atoms with Crippen molar-refractivity contribution in [1.82, 2.24) is 15.1 Å². The van der Waals surface area contributed by atoms with E-state index in [-0.39, 0.29) is 29.5 Å². The fraction of sp³-hybridized carbons (Fsp3) is 0.632. The number of guanidine groups is 1. The molecular formula is C19H29F2IN4. The van der Waals surface area contributed by atoms with Gasteiger partial charge in [-0.05, 0) is 50.9 Å². The van der Waals surface area contributed by atoms with Crippen LogP contribution in [0.4, 0.5) is 8.78 Å². The molecule has 0 aromatic heterocycles. The van der Waals surface area contributed by atoms with Crippen LogP contribution >= 0.6 is 24.0 Å². The summed E-state index contributed by atoms with van der Waals surface area (Å²) in [4.78, 5) is 8.50. The Balaban J connectivity index is 0.00000243. The molecule has 1 saturated heterocycles. The van der Waals surface area contributed by atoms with E-state index in [4.69, 9.17) is 0 Å². The Hall–Kier alpha value is -0.960. The molecule has 7 heteroatoms. The van der Waals surface area contributed by atoms with Crippen LogP contribution in [0.5, 0.6) is 0 Å². The number of nitrogens with zero attached hydrogens (tertiary/aromatic N) is 3. The first-order valence-electron chi connectivity index (χ1n) is 9.02. The van der Waals surface area contributed by atoms with Gasteiger partial charge in [0.15, 0.2) is 5.96 Å². The summed E-state index contributed by atoms with van der Waals surface area (Å²) < 4.78 is 28.4. The summed E-state index contributed by atoms with van der Waals surface area (Å²) in [6, 6.07) is 3.61. The average Bonchev–Trinajstić information content (AvgIpc) is 2.99. The van der Waals surface area contributed by atoms with Gasteiger partial charge in [0.25, 0.3) is 0 Å². The number of nitrogens with one attached hydrogen (secondary N) is 1. The molecule has 4 nitrogen and oxygen atoms in total. The number of benzene rings is 1. The Bertz CT molecular complexity index is 626. The second-order valence-corrected chi connectivity index (χ2v) is 7.57. The van der Waals surface area contributed by atoms with E-state index in [1.165, 1.54) is 43.9 Å². The number of hydrogen-bond acceptors (Lipinski definition) is 2. The number of aliphatic imine (C=N–C) groups is 1. The van der Waals surface area contributed by atoms with Crippen molar-refractivity contribution in [3.63, 3.8) is 0 Å². The van der Waals surface area contributed by atoms with E-state index >= 15 is 0 Å². The molecule has 1 saturated carbocycles. The van der Waals surface area contributed by atoms with Crippen LogP contribution in [-0.4, -0.2) is 56.5 Å². The summed E-state index contributed by atoms with van der Waals surface area (Å²) in [5, 5.41) is 3.33. The van der Waals surface area contributed by atoms with Crippen LogP contribution in [0.15, 0.2) is 23.2 Å². The molecular weight excluding hydrogens is 449 g/mol. The predicted molar refractivity (Wildman–Crippen MR) is 112 cm³/mol. The van der Waals surface area contributed by atoms with Crippen molar-refractivity contribution in [3.8, 4) is 0 Å². The Morgan fingerprint density at radius 3 is 2.38 bits per heavy atom. The molecule has 1 heterocycles. The molecule has 0 amide bonds. The Morgan fingerprint density at radius 2 is 1.92 bits per heavy atom. The Morgan fingerprint density at radius 1 is 1.27 bits per heavy atom. The number of hydrogen-bond donors (Lipinski definition) is 1. The zero-order valence-electron chi connectivity index (χ0n) is 15.8. The molecule has 1 N–H and O–H groups in total. The summed E-state index contributed by atoms with van der Waals surface area (Å²) >= 11 is 0. The second-order valence-electron chi connectivity index (χ2n) is 7.57. The fourth-order valence-electron chi connectivity index (χ4n) is 4.09. The number of halogens is 3. The molecule has 0 bridgehead atoms. The van der Waals surface area contributed by atoms with Crippen LogP contribution in [0.25, 0.3) is 0 Å². The molecule has 1 aromatic rings. The fourth-order valence-corrected chi connectivity index (χ4v) is 4.09. The molecule has 1 aliphatic heterocycles. The molecule has 0 radical (unpaired) electrons. The molecule has 2 aliphatic rings. The van der Waals surface area contributed by atoms with Crippen LogP contribution in [0.1, 0.15) is 37.3 Å². The van der Waals surface area contributed by atoms with Gasteiger partial charge in [-0.2, -0.15) is 0 Å². The van der Waals surface area contributed by atoms with Gasteiger partial charge in [0.1, 0.15) is 11.6 Å². The van der Waals surface area contributed by atoms with Crippen molar-refractivity contribution in [2.75, 3.05) is 40.8 Å². The van der Waals surface area contributed by atoms with Crippen molar-refractivity contribution >= 4 is 29.9 Å². The van der Waals surface area contributed by atoms with Crippen molar-refractivity contribution < 1.29 is 8.78 Å². The molecule has 1 atom stereocenters. The van der Waals surface area contributed by atoms with Gasteiger partial charge in [0.2, 0.25) is 0 Å². The topological polar surface area (TPSA) is 30.9 Å². The lowest BCUT2D eigenvalue weighted by Crippen LogP contribution is -2.45. The third-order valence-corrected chi connectivity index (χ3v) is 5.77. The molecule has 1 aromatic carbocycles. The van der Waals surface area contributed by atoms with Crippen LogP contribution in [0.3, 0.4) is 0 Å². The summed E-state index contributed by atoms with van der Waals surface area (Å²) in [5.41, 5.74) is 0.586. The summed E-state index contributed by atoms with van der Waals surface area (Å²) in [7, 11) is 5.43. The quantitative estimate of drug-likeness (QED) is 0.408. The maximum atomic E-state index is 14.2. The van der Waals surface area contributed by atoms with Gasteiger partial charge in [-0.1, -0.05) is 12.5 Å². The lowest BCUT2D eigenvalue weighted by molar-refractivity contribution is 0.151. The first kappa shape index (κ1) is 21.3. The molecule has 1 aliphatic carbocycles. The van der Waals surface area contributed by atoms with E-state index in [9.17, 15) is 8.78 Å².